The first-order valence-corrected chi connectivity index (χ1v) is 8.58. The zero-order valence-electron chi connectivity index (χ0n) is 12.8. The molecule has 0 unspecified atom stereocenters. The molecule has 1 aliphatic rings. The van der Waals surface area contributed by atoms with Crippen LogP contribution >= 0.6 is 11.3 Å². The van der Waals surface area contributed by atoms with Crippen LogP contribution in [0.3, 0.4) is 0 Å². The number of aromatic nitrogens is 1. The van der Waals surface area contributed by atoms with Crippen molar-refractivity contribution in [2.75, 3.05) is 0 Å². The number of fused-ring (bicyclic) bond motifs is 1. The van der Waals surface area contributed by atoms with Gasteiger partial charge in [0, 0.05) is 31.4 Å². The van der Waals surface area contributed by atoms with Gasteiger partial charge in [0.25, 0.3) is 0 Å². The highest BCUT2D eigenvalue weighted by Gasteiger charge is 2.10. The predicted molar refractivity (Wildman–Crippen MR) is 88.6 cm³/mol. The van der Waals surface area contributed by atoms with Gasteiger partial charge >= 0.3 is 0 Å². The Bertz CT molecular complexity index is 666. The summed E-state index contributed by atoms with van der Waals surface area (Å²) in [4.78, 5) is 16.3. The number of carbonyl (C=O) groups is 1. The molecule has 1 aliphatic heterocycles. The Balaban J connectivity index is 1.40. The summed E-state index contributed by atoms with van der Waals surface area (Å²) in [6, 6.07) is 6.44. The highest BCUT2D eigenvalue weighted by Crippen LogP contribution is 2.17. The van der Waals surface area contributed by atoms with Gasteiger partial charge in [-0.05, 0) is 36.5 Å². The number of carbonyl (C=O) groups excluding carboxylic acids is 1. The van der Waals surface area contributed by atoms with Crippen LogP contribution in [0, 0.1) is 6.92 Å². The molecule has 2 aromatic rings. The summed E-state index contributed by atoms with van der Waals surface area (Å²) in [7, 11) is 0. The first-order chi connectivity index (χ1) is 10.7. The second-order valence-electron chi connectivity index (χ2n) is 5.69. The van der Waals surface area contributed by atoms with Crippen LogP contribution in [-0.2, 0) is 30.8 Å². The molecule has 0 saturated carbocycles. The maximum absolute atomic E-state index is 11.9. The van der Waals surface area contributed by atoms with Gasteiger partial charge in [0.2, 0.25) is 5.91 Å². The number of hydrogen-bond donors (Lipinski definition) is 2. The summed E-state index contributed by atoms with van der Waals surface area (Å²) in [6.45, 7) is 4.51. The van der Waals surface area contributed by atoms with Crippen LogP contribution in [0.25, 0.3) is 0 Å². The Morgan fingerprint density at radius 2 is 2.23 bits per heavy atom. The van der Waals surface area contributed by atoms with Crippen LogP contribution in [0.1, 0.15) is 40.2 Å². The van der Waals surface area contributed by atoms with E-state index in [0.29, 0.717) is 13.0 Å². The number of nitrogens with zero attached hydrogens (tertiary/aromatic N) is 1. The normalized spacial score (nSPS) is 13.1. The summed E-state index contributed by atoms with van der Waals surface area (Å²) >= 11 is 1.66. The highest BCUT2D eigenvalue weighted by atomic mass is 32.1. The zero-order valence-corrected chi connectivity index (χ0v) is 13.6. The third-order valence-electron chi connectivity index (χ3n) is 3.89. The molecule has 3 rings (SSSR count). The van der Waals surface area contributed by atoms with Crippen molar-refractivity contribution in [3.8, 4) is 0 Å². The Hall–Kier alpha value is -1.72. The van der Waals surface area contributed by atoms with Crippen LogP contribution in [0.5, 0.6) is 0 Å². The van der Waals surface area contributed by atoms with Gasteiger partial charge in [-0.3, -0.25) is 4.79 Å². The molecule has 0 fully saturated rings. The monoisotopic (exact) mass is 315 g/mol. The molecule has 1 aromatic heterocycles. The summed E-state index contributed by atoms with van der Waals surface area (Å²) in [5, 5.41) is 9.50. The Morgan fingerprint density at radius 3 is 3.05 bits per heavy atom. The molecule has 5 heteroatoms. The molecule has 1 aromatic carbocycles. The molecule has 0 saturated heterocycles. The molecule has 2 heterocycles. The third-order valence-corrected chi connectivity index (χ3v) is 4.72. The Labute approximate surface area is 135 Å². The van der Waals surface area contributed by atoms with Gasteiger partial charge in [0.05, 0.1) is 10.7 Å². The van der Waals surface area contributed by atoms with Gasteiger partial charge in [0.1, 0.15) is 0 Å². The predicted octanol–water partition coefficient (Wildman–Crippen LogP) is 2.69. The van der Waals surface area contributed by atoms with Gasteiger partial charge in [0.15, 0.2) is 0 Å². The van der Waals surface area contributed by atoms with E-state index in [-0.39, 0.29) is 5.91 Å². The molecule has 0 aliphatic carbocycles. The third kappa shape index (κ3) is 3.93. The molecule has 0 radical (unpaired) electrons. The van der Waals surface area contributed by atoms with Crippen molar-refractivity contribution in [2.24, 2.45) is 0 Å². The number of thiazole rings is 1. The van der Waals surface area contributed by atoms with Crippen molar-refractivity contribution >= 4 is 17.2 Å². The molecule has 116 valence electrons. The molecule has 0 atom stereocenters. The number of aryl methyl sites for hydroxylation is 2. The van der Waals surface area contributed by atoms with Crippen molar-refractivity contribution in [3.05, 3.63) is 51.0 Å². The second kappa shape index (κ2) is 7.03. The van der Waals surface area contributed by atoms with E-state index in [0.717, 1.165) is 36.6 Å². The van der Waals surface area contributed by atoms with Gasteiger partial charge in [-0.15, -0.1) is 11.3 Å². The second-order valence-corrected chi connectivity index (χ2v) is 6.76. The van der Waals surface area contributed by atoms with Crippen LogP contribution in [-0.4, -0.2) is 10.9 Å². The van der Waals surface area contributed by atoms with Crippen LogP contribution in [0.4, 0.5) is 0 Å². The molecule has 0 spiro atoms. The summed E-state index contributed by atoms with van der Waals surface area (Å²) in [5.41, 5.74) is 4.99. The minimum Gasteiger partial charge on any atom is -0.352 e. The van der Waals surface area contributed by atoms with Crippen LogP contribution in [0.2, 0.25) is 0 Å². The smallest absolute Gasteiger partial charge is 0.220 e. The van der Waals surface area contributed by atoms with E-state index >= 15 is 0 Å². The number of amides is 1. The van der Waals surface area contributed by atoms with Gasteiger partial charge in [-0.2, -0.15) is 0 Å². The van der Waals surface area contributed by atoms with Gasteiger partial charge in [-0.1, -0.05) is 18.2 Å². The first-order valence-electron chi connectivity index (χ1n) is 7.70. The van der Waals surface area contributed by atoms with E-state index < -0.39 is 0 Å². The molecule has 1 amide bonds. The number of hydrogen-bond acceptors (Lipinski definition) is 4. The quantitative estimate of drug-likeness (QED) is 0.862. The van der Waals surface area contributed by atoms with E-state index in [1.54, 1.807) is 11.3 Å². The topological polar surface area (TPSA) is 54.0 Å². The van der Waals surface area contributed by atoms with Gasteiger partial charge in [-0.25, -0.2) is 4.98 Å². The van der Waals surface area contributed by atoms with E-state index in [1.165, 1.54) is 16.7 Å². The molecular formula is C17H21N3OS. The van der Waals surface area contributed by atoms with Gasteiger partial charge < -0.3 is 10.6 Å². The van der Waals surface area contributed by atoms with Crippen molar-refractivity contribution in [1.29, 1.82) is 0 Å². The summed E-state index contributed by atoms with van der Waals surface area (Å²) < 4.78 is 0. The maximum Gasteiger partial charge on any atom is 0.220 e. The average Bonchev–Trinajstić information content (AvgIpc) is 3.13. The lowest BCUT2D eigenvalue weighted by Crippen LogP contribution is -2.22. The summed E-state index contributed by atoms with van der Waals surface area (Å²) in [6.07, 6.45) is 2.29. The van der Waals surface area contributed by atoms with Crippen molar-refractivity contribution in [3.63, 3.8) is 0 Å². The van der Waals surface area contributed by atoms with E-state index in [1.807, 2.05) is 6.92 Å². The fourth-order valence-corrected chi connectivity index (χ4v) is 3.35. The number of benzene rings is 1. The molecule has 0 bridgehead atoms. The first kappa shape index (κ1) is 15.2. The molecule has 4 nitrogen and oxygen atoms in total. The molecular weight excluding hydrogens is 294 g/mol. The fraction of sp³-hybridized carbons (Fsp3) is 0.412. The highest BCUT2D eigenvalue weighted by molar-refractivity contribution is 7.09. The zero-order chi connectivity index (χ0) is 15.4. The minimum atomic E-state index is 0.116. The van der Waals surface area contributed by atoms with Crippen LogP contribution < -0.4 is 10.6 Å². The SMILES string of the molecule is Cc1nc(CCCC(=O)NCc2ccc3c(c2)CNC3)cs1. The van der Waals surface area contributed by atoms with Crippen LogP contribution in [0.15, 0.2) is 23.6 Å². The average molecular weight is 315 g/mol. The lowest BCUT2D eigenvalue weighted by molar-refractivity contribution is -0.121. The van der Waals surface area contributed by atoms with Crippen molar-refractivity contribution < 1.29 is 4.79 Å². The molecule has 2 N–H and O–H groups in total. The lowest BCUT2D eigenvalue weighted by Gasteiger charge is -2.07. The van der Waals surface area contributed by atoms with Crippen molar-refractivity contribution in [2.45, 2.75) is 45.8 Å². The largest absolute Gasteiger partial charge is 0.352 e. The van der Waals surface area contributed by atoms with E-state index in [9.17, 15) is 4.79 Å². The lowest BCUT2D eigenvalue weighted by atomic mass is 10.1. The van der Waals surface area contributed by atoms with Crippen molar-refractivity contribution in [1.82, 2.24) is 15.6 Å². The Morgan fingerprint density at radius 1 is 1.36 bits per heavy atom. The molecule has 22 heavy (non-hydrogen) atoms. The number of nitrogens with one attached hydrogen (secondary N) is 2. The maximum atomic E-state index is 11.9. The fourth-order valence-electron chi connectivity index (χ4n) is 2.70. The van der Waals surface area contributed by atoms with E-state index in [2.05, 4.69) is 39.2 Å². The number of rotatable bonds is 6. The standard InChI is InChI=1S/C17H21N3OS/c1-12-20-16(11-22-12)3-2-4-17(21)19-8-13-5-6-14-9-18-10-15(14)7-13/h5-7,11,18H,2-4,8-10H2,1H3,(H,19,21). The Kier molecular flexibility index (Phi) is 4.85. The minimum absolute atomic E-state index is 0.116. The van der Waals surface area contributed by atoms with E-state index in [4.69, 9.17) is 0 Å². The summed E-state index contributed by atoms with van der Waals surface area (Å²) in [5.74, 6) is 0.116.